The van der Waals surface area contributed by atoms with Crippen LogP contribution in [0.5, 0.6) is 0 Å². The van der Waals surface area contributed by atoms with E-state index >= 15 is 0 Å². The fourth-order valence-electron chi connectivity index (χ4n) is 1.87. The smallest absolute Gasteiger partial charge is 0.169 e. The van der Waals surface area contributed by atoms with E-state index in [1.165, 1.54) is 17.4 Å². The lowest BCUT2D eigenvalue weighted by Gasteiger charge is -2.03. The highest BCUT2D eigenvalue weighted by atomic mass is 32.1. The van der Waals surface area contributed by atoms with E-state index < -0.39 is 6.04 Å². The van der Waals surface area contributed by atoms with Gasteiger partial charge in [0.2, 0.25) is 0 Å². The van der Waals surface area contributed by atoms with Gasteiger partial charge in [-0.1, -0.05) is 12.1 Å². The number of furan rings is 1. The van der Waals surface area contributed by atoms with Gasteiger partial charge < -0.3 is 10.2 Å². The summed E-state index contributed by atoms with van der Waals surface area (Å²) in [6.07, 6.45) is 0. The van der Waals surface area contributed by atoms with E-state index in [1.54, 1.807) is 18.2 Å². The highest BCUT2D eigenvalue weighted by molar-refractivity contribution is 7.09. The standard InChI is InChI=1S/C13H11FN2OS/c1-7-16-10(6-18-7)12(15)11-5-8-3-2-4-9(14)13(8)17-11/h2-6,12H,15H2,1H3. The number of benzene rings is 1. The first-order chi connectivity index (χ1) is 8.65. The number of rotatable bonds is 2. The summed E-state index contributed by atoms with van der Waals surface area (Å²) in [6.45, 7) is 1.92. The van der Waals surface area contributed by atoms with Crippen molar-refractivity contribution < 1.29 is 8.81 Å². The third kappa shape index (κ3) is 1.81. The molecule has 1 atom stereocenters. The summed E-state index contributed by atoms with van der Waals surface area (Å²) in [6, 6.07) is 6.12. The average Bonchev–Trinajstić information content (AvgIpc) is 2.95. The zero-order valence-corrected chi connectivity index (χ0v) is 10.5. The molecule has 0 aliphatic heterocycles. The molecule has 0 aliphatic rings. The number of aromatic nitrogens is 1. The Morgan fingerprint density at radius 3 is 2.94 bits per heavy atom. The van der Waals surface area contributed by atoms with Crippen LogP contribution in [0.3, 0.4) is 0 Å². The maximum absolute atomic E-state index is 13.5. The zero-order valence-electron chi connectivity index (χ0n) is 9.68. The second-order valence-electron chi connectivity index (χ2n) is 4.08. The Balaban J connectivity index is 2.06. The maximum Gasteiger partial charge on any atom is 0.169 e. The highest BCUT2D eigenvalue weighted by Crippen LogP contribution is 2.28. The third-order valence-corrected chi connectivity index (χ3v) is 3.57. The Kier molecular flexibility index (Phi) is 2.65. The van der Waals surface area contributed by atoms with Crippen LogP contribution in [0.15, 0.2) is 34.1 Å². The number of hydrogen-bond acceptors (Lipinski definition) is 4. The Bertz CT molecular complexity index is 704. The van der Waals surface area contributed by atoms with Gasteiger partial charge in [-0.15, -0.1) is 11.3 Å². The fourth-order valence-corrected chi connectivity index (χ4v) is 2.52. The van der Waals surface area contributed by atoms with E-state index in [9.17, 15) is 4.39 Å². The van der Waals surface area contributed by atoms with Gasteiger partial charge in [0, 0.05) is 10.8 Å². The van der Waals surface area contributed by atoms with E-state index in [1.807, 2.05) is 12.3 Å². The van der Waals surface area contributed by atoms with Crippen LogP contribution in [-0.4, -0.2) is 4.98 Å². The molecule has 0 aliphatic carbocycles. The molecule has 3 aromatic rings. The Morgan fingerprint density at radius 1 is 1.44 bits per heavy atom. The second kappa shape index (κ2) is 4.19. The van der Waals surface area contributed by atoms with Crippen LogP contribution in [0.4, 0.5) is 4.39 Å². The van der Waals surface area contributed by atoms with Crippen molar-refractivity contribution in [2.75, 3.05) is 0 Å². The van der Waals surface area contributed by atoms with E-state index in [0.717, 1.165) is 10.7 Å². The highest BCUT2D eigenvalue weighted by Gasteiger charge is 2.17. The number of halogens is 1. The first-order valence-electron chi connectivity index (χ1n) is 5.50. The van der Waals surface area contributed by atoms with Gasteiger partial charge in [0.25, 0.3) is 0 Å². The summed E-state index contributed by atoms with van der Waals surface area (Å²) in [5.41, 5.74) is 7.06. The van der Waals surface area contributed by atoms with Gasteiger partial charge in [-0.25, -0.2) is 9.37 Å². The van der Waals surface area contributed by atoms with Crippen molar-refractivity contribution in [2.45, 2.75) is 13.0 Å². The molecule has 0 amide bonds. The molecule has 0 radical (unpaired) electrons. The Morgan fingerprint density at radius 2 is 2.28 bits per heavy atom. The van der Waals surface area contributed by atoms with E-state index in [-0.39, 0.29) is 11.4 Å². The van der Waals surface area contributed by atoms with E-state index in [4.69, 9.17) is 10.2 Å². The molecule has 0 spiro atoms. The zero-order chi connectivity index (χ0) is 12.7. The van der Waals surface area contributed by atoms with Crippen LogP contribution < -0.4 is 5.73 Å². The van der Waals surface area contributed by atoms with Crippen molar-refractivity contribution in [3.63, 3.8) is 0 Å². The quantitative estimate of drug-likeness (QED) is 0.770. The normalized spacial score (nSPS) is 13.1. The predicted molar refractivity (Wildman–Crippen MR) is 69.1 cm³/mol. The molecule has 0 saturated carbocycles. The molecule has 1 aromatic carbocycles. The number of aryl methyl sites for hydroxylation is 1. The van der Waals surface area contributed by atoms with Crippen LogP contribution in [0.25, 0.3) is 11.0 Å². The maximum atomic E-state index is 13.5. The summed E-state index contributed by atoms with van der Waals surface area (Å²) in [5.74, 6) is 0.154. The lowest BCUT2D eigenvalue weighted by Crippen LogP contribution is -2.11. The molecule has 2 aromatic heterocycles. The summed E-state index contributed by atoms with van der Waals surface area (Å²) in [7, 11) is 0. The molecule has 0 saturated heterocycles. The summed E-state index contributed by atoms with van der Waals surface area (Å²) in [4.78, 5) is 4.32. The number of hydrogen-bond donors (Lipinski definition) is 1. The molecule has 2 N–H and O–H groups in total. The summed E-state index contributed by atoms with van der Waals surface area (Å²) in [5, 5.41) is 3.55. The van der Waals surface area contributed by atoms with E-state index in [2.05, 4.69) is 4.98 Å². The molecule has 3 nitrogen and oxygen atoms in total. The molecule has 1 unspecified atom stereocenters. The predicted octanol–water partition coefficient (Wildman–Crippen LogP) is 3.38. The second-order valence-corrected chi connectivity index (χ2v) is 5.14. The molecule has 5 heteroatoms. The lowest BCUT2D eigenvalue weighted by molar-refractivity contribution is 0.499. The largest absolute Gasteiger partial charge is 0.456 e. The van der Waals surface area contributed by atoms with Crippen molar-refractivity contribution in [2.24, 2.45) is 5.73 Å². The molecular formula is C13H11FN2OS. The monoisotopic (exact) mass is 262 g/mol. The Labute approximate surface area is 107 Å². The topological polar surface area (TPSA) is 52.0 Å². The van der Waals surface area contributed by atoms with Gasteiger partial charge >= 0.3 is 0 Å². The van der Waals surface area contributed by atoms with Crippen molar-refractivity contribution in [1.82, 2.24) is 4.98 Å². The third-order valence-electron chi connectivity index (χ3n) is 2.78. The van der Waals surface area contributed by atoms with E-state index in [0.29, 0.717) is 11.1 Å². The van der Waals surface area contributed by atoms with Crippen LogP contribution in [0.2, 0.25) is 0 Å². The minimum Gasteiger partial charge on any atom is -0.456 e. The van der Waals surface area contributed by atoms with Crippen LogP contribution in [0.1, 0.15) is 22.5 Å². The summed E-state index contributed by atoms with van der Waals surface area (Å²) < 4.78 is 19.0. The molecule has 0 fully saturated rings. The molecule has 3 rings (SSSR count). The number of para-hydroxylation sites is 1. The number of fused-ring (bicyclic) bond motifs is 1. The number of thiazole rings is 1. The number of nitrogens with zero attached hydrogens (tertiary/aromatic N) is 1. The fraction of sp³-hybridized carbons (Fsp3) is 0.154. The SMILES string of the molecule is Cc1nc(C(N)c2cc3cccc(F)c3o2)cs1. The summed E-state index contributed by atoms with van der Waals surface area (Å²) >= 11 is 1.53. The molecule has 2 heterocycles. The van der Waals surface area contributed by atoms with Crippen LogP contribution in [-0.2, 0) is 0 Å². The molecule has 92 valence electrons. The average molecular weight is 262 g/mol. The number of nitrogens with two attached hydrogens (primary N) is 1. The Hall–Kier alpha value is -1.72. The lowest BCUT2D eigenvalue weighted by atomic mass is 10.1. The van der Waals surface area contributed by atoms with Crippen molar-refractivity contribution in [3.05, 3.63) is 51.9 Å². The van der Waals surface area contributed by atoms with Crippen LogP contribution >= 0.6 is 11.3 Å². The van der Waals surface area contributed by atoms with Gasteiger partial charge in [0.05, 0.1) is 10.7 Å². The molecular weight excluding hydrogens is 251 g/mol. The van der Waals surface area contributed by atoms with Crippen molar-refractivity contribution in [1.29, 1.82) is 0 Å². The van der Waals surface area contributed by atoms with Gasteiger partial charge in [-0.05, 0) is 19.1 Å². The minimum absolute atomic E-state index is 0.245. The first kappa shape index (κ1) is 11.4. The van der Waals surface area contributed by atoms with Gasteiger partial charge in [-0.3, -0.25) is 0 Å². The van der Waals surface area contributed by atoms with Gasteiger partial charge in [-0.2, -0.15) is 0 Å². The molecule has 18 heavy (non-hydrogen) atoms. The first-order valence-corrected chi connectivity index (χ1v) is 6.38. The van der Waals surface area contributed by atoms with Crippen molar-refractivity contribution >= 4 is 22.3 Å². The molecule has 0 bridgehead atoms. The minimum atomic E-state index is -0.457. The van der Waals surface area contributed by atoms with Gasteiger partial charge in [0.15, 0.2) is 11.4 Å². The van der Waals surface area contributed by atoms with Crippen molar-refractivity contribution in [3.8, 4) is 0 Å². The van der Waals surface area contributed by atoms with Gasteiger partial charge in [0.1, 0.15) is 11.8 Å². The van der Waals surface area contributed by atoms with Crippen LogP contribution in [0, 0.1) is 12.7 Å².